The average Bonchev–Trinajstić information content (AvgIpc) is 3.27. The molecule has 1 N–H and O–H groups in total. The number of alkyl carbamates (subject to hydrolysis) is 1. The zero-order valence-electron chi connectivity index (χ0n) is 14.3. The molecule has 0 bridgehead atoms. The zero-order valence-corrected chi connectivity index (χ0v) is 14.3. The van der Waals surface area contributed by atoms with Crippen molar-refractivity contribution in [1.29, 1.82) is 0 Å². The first-order valence-corrected chi connectivity index (χ1v) is 8.90. The number of cyclic esters (lactones) is 1. The number of nitrogens with zero attached hydrogens (tertiary/aromatic N) is 2. The van der Waals surface area contributed by atoms with Gasteiger partial charge in [0.25, 0.3) is 0 Å². The van der Waals surface area contributed by atoms with Gasteiger partial charge in [-0.1, -0.05) is 47.6 Å². The monoisotopic (exact) mass is 349 g/mol. The quantitative estimate of drug-likeness (QED) is 0.787. The van der Waals surface area contributed by atoms with Gasteiger partial charge in [-0.25, -0.2) is 4.79 Å². The normalized spacial score (nSPS) is 20.0. The van der Waals surface area contributed by atoms with Gasteiger partial charge in [0.15, 0.2) is 0 Å². The summed E-state index contributed by atoms with van der Waals surface area (Å²) in [7, 11) is 0. The van der Waals surface area contributed by atoms with Crippen LogP contribution in [-0.4, -0.2) is 41.9 Å². The molecule has 5 rings (SSSR count). The van der Waals surface area contributed by atoms with Gasteiger partial charge >= 0.3 is 6.09 Å². The van der Waals surface area contributed by atoms with E-state index >= 15 is 0 Å². The van der Waals surface area contributed by atoms with E-state index in [9.17, 15) is 4.79 Å². The van der Waals surface area contributed by atoms with E-state index in [1.54, 1.807) is 0 Å². The van der Waals surface area contributed by atoms with E-state index < -0.39 is 0 Å². The predicted molar refractivity (Wildman–Crippen MR) is 96.7 cm³/mol. The summed E-state index contributed by atoms with van der Waals surface area (Å²) >= 11 is 0. The summed E-state index contributed by atoms with van der Waals surface area (Å²) in [6, 6.07) is 14.6. The molecule has 6 heteroatoms. The predicted octanol–water partition coefficient (Wildman–Crippen LogP) is 2.96. The third-order valence-electron chi connectivity index (χ3n) is 5.16. The second-order valence-electron chi connectivity index (χ2n) is 6.85. The Bertz CT molecular complexity index is 976. The first kappa shape index (κ1) is 15.4. The molecule has 0 aliphatic carbocycles. The SMILES string of the molecule is O=C1NC[C@H](CN2CCc3onc(-c4cccc5ccccc45)c3C2)O1. The van der Waals surface area contributed by atoms with E-state index in [0.717, 1.165) is 48.6 Å². The smallest absolute Gasteiger partial charge is 0.407 e. The van der Waals surface area contributed by atoms with Crippen molar-refractivity contribution in [2.75, 3.05) is 19.6 Å². The number of aromatic nitrogens is 1. The fourth-order valence-electron chi connectivity index (χ4n) is 3.89. The summed E-state index contributed by atoms with van der Waals surface area (Å²) in [4.78, 5) is 13.5. The van der Waals surface area contributed by atoms with Crippen LogP contribution in [0.2, 0.25) is 0 Å². The van der Waals surface area contributed by atoms with E-state index in [2.05, 4.69) is 45.7 Å². The van der Waals surface area contributed by atoms with Crippen LogP contribution in [0.15, 0.2) is 47.0 Å². The van der Waals surface area contributed by atoms with Gasteiger partial charge in [0, 0.05) is 37.2 Å². The number of nitrogens with one attached hydrogen (secondary N) is 1. The van der Waals surface area contributed by atoms with Gasteiger partial charge in [-0.05, 0) is 10.8 Å². The van der Waals surface area contributed by atoms with Gasteiger partial charge in [0.2, 0.25) is 0 Å². The Morgan fingerprint density at radius 1 is 1.19 bits per heavy atom. The summed E-state index contributed by atoms with van der Waals surface area (Å²) in [6.07, 6.45) is 0.403. The second kappa shape index (κ2) is 6.14. The van der Waals surface area contributed by atoms with E-state index in [1.807, 2.05) is 12.1 Å². The van der Waals surface area contributed by atoms with Crippen LogP contribution in [0.5, 0.6) is 0 Å². The molecule has 0 unspecified atom stereocenters. The molecule has 0 radical (unpaired) electrons. The van der Waals surface area contributed by atoms with E-state index in [4.69, 9.17) is 9.26 Å². The Morgan fingerprint density at radius 3 is 2.96 bits per heavy atom. The third-order valence-corrected chi connectivity index (χ3v) is 5.16. The maximum Gasteiger partial charge on any atom is 0.407 e. The van der Waals surface area contributed by atoms with Gasteiger partial charge in [0.1, 0.15) is 17.6 Å². The molecule has 26 heavy (non-hydrogen) atoms. The van der Waals surface area contributed by atoms with Gasteiger partial charge in [0.05, 0.1) is 6.54 Å². The van der Waals surface area contributed by atoms with Crippen LogP contribution in [-0.2, 0) is 17.7 Å². The van der Waals surface area contributed by atoms with E-state index in [1.165, 1.54) is 10.8 Å². The highest BCUT2D eigenvalue weighted by Crippen LogP contribution is 2.34. The summed E-state index contributed by atoms with van der Waals surface area (Å²) in [5.74, 6) is 0.964. The lowest BCUT2D eigenvalue weighted by Crippen LogP contribution is -2.37. The average molecular weight is 349 g/mol. The Labute approximate surface area is 150 Å². The topological polar surface area (TPSA) is 67.6 Å². The molecule has 0 saturated carbocycles. The molecule has 132 valence electrons. The molecule has 2 aliphatic heterocycles. The molecule has 2 aliphatic rings. The molecule has 1 amide bonds. The maximum atomic E-state index is 11.2. The summed E-state index contributed by atoms with van der Waals surface area (Å²) in [5.41, 5.74) is 3.16. The van der Waals surface area contributed by atoms with Crippen LogP contribution in [0.4, 0.5) is 4.79 Å². The van der Waals surface area contributed by atoms with Gasteiger partial charge in [-0.2, -0.15) is 0 Å². The van der Waals surface area contributed by atoms with Crippen molar-refractivity contribution in [1.82, 2.24) is 15.4 Å². The lowest BCUT2D eigenvalue weighted by Gasteiger charge is -2.27. The van der Waals surface area contributed by atoms with Crippen molar-refractivity contribution in [2.24, 2.45) is 0 Å². The third kappa shape index (κ3) is 2.63. The highest BCUT2D eigenvalue weighted by molar-refractivity contribution is 5.96. The van der Waals surface area contributed by atoms with Crippen molar-refractivity contribution in [3.05, 3.63) is 53.8 Å². The fraction of sp³-hybridized carbons (Fsp3) is 0.300. The van der Waals surface area contributed by atoms with Crippen LogP contribution >= 0.6 is 0 Å². The van der Waals surface area contributed by atoms with Crippen molar-refractivity contribution in [3.63, 3.8) is 0 Å². The van der Waals surface area contributed by atoms with Crippen LogP contribution < -0.4 is 5.32 Å². The fourth-order valence-corrected chi connectivity index (χ4v) is 3.89. The molecule has 1 atom stereocenters. The molecule has 1 saturated heterocycles. The van der Waals surface area contributed by atoms with Gasteiger partial charge in [-0.15, -0.1) is 0 Å². The maximum absolute atomic E-state index is 11.2. The number of carbonyl (C=O) groups excluding carboxylic acids is 1. The van der Waals surface area contributed by atoms with Crippen LogP contribution in [0.3, 0.4) is 0 Å². The lowest BCUT2D eigenvalue weighted by atomic mass is 9.97. The molecule has 2 aromatic carbocycles. The number of carbonyl (C=O) groups is 1. The first-order valence-electron chi connectivity index (χ1n) is 8.90. The number of hydrogen-bond acceptors (Lipinski definition) is 5. The summed E-state index contributed by atoms with van der Waals surface area (Å²) < 4.78 is 10.9. The highest BCUT2D eigenvalue weighted by atomic mass is 16.6. The van der Waals surface area contributed by atoms with E-state index in [-0.39, 0.29) is 12.2 Å². The lowest BCUT2D eigenvalue weighted by molar-refractivity contribution is 0.102. The Morgan fingerprint density at radius 2 is 2.08 bits per heavy atom. The molecular formula is C20H19N3O3. The molecular weight excluding hydrogens is 330 g/mol. The van der Waals surface area contributed by atoms with Crippen LogP contribution in [0, 0.1) is 0 Å². The molecule has 0 spiro atoms. The second-order valence-corrected chi connectivity index (χ2v) is 6.85. The number of benzene rings is 2. The Hall–Kier alpha value is -2.86. The first-order chi connectivity index (χ1) is 12.8. The molecule has 1 fully saturated rings. The Kier molecular flexibility index (Phi) is 3.64. The minimum Gasteiger partial charge on any atom is -0.443 e. The highest BCUT2D eigenvalue weighted by Gasteiger charge is 2.30. The number of amides is 1. The minimum absolute atomic E-state index is 0.0927. The van der Waals surface area contributed by atoms with Gasteiger partial charge in [-0.3, -0.25) is 4.90 Å². The largest absolute Gasteiger partial charge is 0.443 e. The van der Waals surface area contributed by atoms with Crippen molar-refractivity contribution in [3.8, 4) is 11.3 Å². The summed E-state index contributed by atoms with van der Waals surface area (Å²) in [6.45, 7) is 2.93. The number of ether oxygens (including phenoxy) is 1. The van der Waals surface area contributed by atoms with Gasteiger partial charge < -0.3 is 14.6 Å². The van der Waals surface area contributed by atoms with Crippen LogP contribution in [0.25, 0.3) is 22.0 Å². The van der Waals surface area contributed by atoms with Crippen molar-refractivity contribution in [2.45, 2.75) is 19.1 Å². The standard InChI is InChI=1S/C20H19N3O3/c24-20-21-10-14(25-20)11-23-9-8-18-17(12-23)19(22-26-18)16-7-3-5-13-4-1-2-6-15(13)16/h1-7,14H,8-12H2,(H,21,24)/t14-/m1/s1. The van der Waals surface area contributed by atoms with Crippen molar-refractivity contribution >= 4 is 16.9 Å². The summed E-state index contributed by atoms with van der Waals surface area (Å²) in [5, 5.41) is 9.48. The van der Waals surface area contributed by atoms with Crippen molar-refractivity contribution < 1.29 is 14.1 Å². The van der Waals surface area contributed by atoms with E-state index in [0.29, 0.717) is 6.54 Å². The van der Waals surface area contributed by atoms with Crippen LogP contribution in [0.1, 0.15) is 11.3 Å². The Balaban J connectivity index is 1.46. The number of rotatable bonds is 3. The molecule has 6 nitrogen and oxygen atoms in total. The molecule has 3 aromatic rings. The number of hydrogen-bond donors (Lipinski definition) is 1. The zero-order chi connectivity index (χ0) is 17.5. The molecule has 3 heterocycles. The number of fused-ring (bicyclic) bond motifs is 2. The molecule has 1 aromatic heterocycles. The minimum atomic E-state index is -0.325.